The van der Waals surface area contributed by atoms with Gasteiger partial charge >= 0.3 is 5.97 Å². The number of ketones is 1. The zero-order valence-electron chi connectivity index (χ0n) is 8.04. The molecule has 0 aromatic heterocycles. The summed E-state index contributed by atoms with van der Waals surface area (Å²) in [6.07, 6.45) is 5.43. The van der Waals surface area contributed by atoms with E-state index in [1.165, 1.54) is 13.3 Å². The van der Waals surface area contributed by atoms with E-state index in [0.717, 1.165) is 25.7 Å². The molecule has 0 unspecified atom stereocenters. The highest BCUT2D eigenvalue weighted by atomic mass is 16.5. The van der Waals surface area contributed by atoms with Gasteiger partial charge in [0.05, 0.1) is 0 Å². The SMILES string of the molecule is CC(=O)CC(=O)OC1CCCCC1. The first kappa shape index (κ1) is 10.2. The Balaban J connectivity index is 2.22. The second kappa shape index (κ2) is 5.00. The van der Waals surface area contributed by atoms with Gasteiger partial charge in [0.1, 0.15) is 18.3 Å². The molecule has 1 aliphatic carbocycles. The van der Waals surface area contributed by atoms with Gasteiger partial charge in [-0.15, -0.1) is 0 Å². The van der Waals surface area contributed by atoms with Crippen LogP contribution in [0.25, 0.3) is 0 Å². The van der Waals surface area contributed by atoms with Gasteiger partial charge in [-0.05, 0) is 32.6 Å². The normalized spacial score (nSPS) is 18.2. The van der Waals surface area contributed by atoms with Crippen molar-refractivity contribution in [3.05, 3.63) is 0 Å². The van der Waals surface area contributed by atoms with Gasteiger partial charge in [-0.3, -0.25) is 9.59 Å². The van der Waals surface area contributed by atoms with Gasteiger partial charge in [0.15, 0.2) is 0 Å². The van der Waals surface area contributed by atoms with Crippen LogP contribution in [0.15, 0.2) is 0 Å². The van der Waals surface area contributed by atoms with E-state index in [4.69, 9.17) is 4.74 Å². The first-order valence-corrected chi connectivity index (χ1v) is 4.87. The molecule has 74 valence electrons. The molecule has 0 heterocycles. The van der Waals surface area contributed by atoms with Gasteiger partial charge in [-0.25, -0.2) is 0 Å². The van der Waals surface area contributed by atoms with Gasteiger partial charge in [0, 0.05) is 0 Å². The van der Waals surface area contributed by atoms with Crippen molar-refractivity contribution in [1.29, 1.82) is 0 Å². The van der Waals surface area contributed by atoms with E-state index >= 15 is 0 Å². The minimum Gasteiger partial charge on any atom is -0.462 e. The van der Waals surface area contributed by atoms with Gasteiger partial charge < -0.3 is 4.74 Å². The summed E-state index contributed by atoms with van der Waals surface area (Å²) >= 11 is 0. The smallest absolute Gasteiger partial charge is 0.313 e. The van der Waals surface area contributed by atoms with E-state index in [-0.39, 0.29) is 24.3 Å². The number of carbonyl (C=O) groups excluding carboxylic acids is 2. The van der Waals surface area contributed by atoms with Crippen LogP contribution >= 0.6 is 0 Å². The van der Waals surface area contributed by atoms with Crippen LogP contribution in [0.3, 0.4) is 0 Å². The third-order valence-electron chi connectivity index (χ3n) is 2.24. The number of Topliss-reactive ketones (excluding diaryl/α,β-unsaturated/α-hetero) is 1. The lowest BCUT2D eigenvalue weighted by Crippen LogP contribution is -2.21. The number of rotatable bonds is 3. The minimum atomic E-state index is -0.362. The minimum absolute atomic E-state index is 0.0700. The van der Waals surface area contributed by atoms with Crippen LogP contribution in [0.1, 0.15) is 45.4 Å². The molecule has 0 N–H and O–H groups in total. The maximum Gasteiger partial charge on any atom is 0.313 e. The van der Waals surface area contributed by atoms with E-state index in [0.29, 0.717) is 0 Å². The quantitative estimate of drug-likeness (QED) is 0.496. The van der Waals surface area contributed by atoms with Crippen LogP contribution in [-0.2, 0) is 14.3 Å². The molecule has 0 aliphatic heterocycles. The number of esters is 1. The lowest BCUT2D eigenvalue weighted by atomic mass is 9.98. The molecular formula is C10H16O3. The summed E-state index contributed by atoms with van der Waals surface area (Å²) in [5.41, 5.74) is 0. The van der Waals surface area contributed by atoms with E-state index in [9.17, 15) is 9.59 Å². The molecule has 0 saturated heterocycles. The average Bonchev–Trinajstić information content (AvgIpc) is 2.04. The summed E-state index contributed by atoms with van der Waals surface area (Å²) in [5.74, 6) is -0.486. The summed E-state index contributed by atoms with van der Waals surface area (Å²) in [5, 5.41) is 0. The fourth-order valence-electron chi connectivity index (χ4n) is 1.61. The highest BCUT2D eigenvalue weighted by Gasteiger charge is 2.18. The van der Waals surface area contributed by atoms with Crippen molar-refractivity contribution in [3.8, 4) is 0 Å². The third-order valence-corrected chi connectivity index (χ3v) is 2.24. The van der Waals surface area contributed by atoms with Crippen LogP contribution in [-0.4, -0.2) is 17.9 Å². The zero-order chi connectivity index (χ0) is 9.68. The standard InChI is InChI=1S/C10H16O3/c1-8(11)7-10(12)13-9-5-3-2-4-6-9/h9H,2-7H2,1H3. The van der Waals surface area contributed by atoms with Crippen molar-refractivity contribution in [3.63, 3.8) is 0 Å². The molecule has 0 amide bonds. The predicted octanol–water partition coefficient (Wildman–Crippen LogP) is 1.84. The Kier molecular flexibility index (Phi) is 3.93. The van der Waals surface area contributed by atoms with E-state index in [2.05, 4.69) is 0 Å². The van der Waals surface area contributed by atoms with Crippen molar-refractivity contribution in [1.82, 2.24) is 0 Å². The Labute approximate surface area is 78.5 Å². The molecule has 0 aromatic rings. The molecule has 3 heteroatoms. The number of hydrogen-bond donors (Lipinski definition) is 0. The Bertz CT molecular complexity index is 192. The van der Waals surface area contributed by atoms with Crippen molar-refractivity contribution in [2.24, 2.45) is 0 Å². The van der Waals surface area contributed by atoms with E-state index in [1.807, 2.05) is 0 Å². The zero-order valence-corrected chi connectivity index (χ0v) is 8.04. The third kappa shape index (κ3) is 4.06. The Morgan fingerprint density at radius 3 is 2.38 bits per heavy atom. The molecule has 1 rings (SSSR count). The van der Waals surface area contributed by atoms with E-state index in [1.54, 1.807) is 0 Å². The van der Waals surface area contributed by atoms with Crippen LogP contribution in [0.2, 0.25) is 0 Å². The molecule has 0 atom stereocenters. The summed E-state index contributed by atoms with van der Waals surface area (Å²) in [4.78, 5) is 21.7. The Morgan fingerprint density at radius 1 is 1.23 bits per heavy atom. The highest BCUT2D eigenvalue weighted by molar-refractivity contribution is 5.94. The van der Waals surface area contributed by atoms with Crippen LogP contribution in [0.4, 0.5) is 0 Å². The lowest BCUT2D eigenvalue weighted by Gasteiger charge is -2.21. The first-order chi connectivity index (χ1) is 6.18. The molecule has 0 bridgehead atoms. The van der Waals surface area contributed by atoms with Gasteiger partial charge in [-0.2, -0.15) is 0 Å². The fraction of sp³-hybridized carbons (Fsp3) is 0.800. The molecule has 1 aliphatic rings. The fourth-order valence-corrected chi connectivity index (χ4v) is 1.61. The molecule has 0 spiro atoms. The number of hydrogen-bond acceptors (Lipinski definition) is 3. The Hall–Kier alpha value is -0.860. The maximum absolute atomic E-state index is 11.1. The van der Waals surface area contributed by atoms with E-state index < -0.39 is 0 Å². The van der Waals surface area contributed by atoms with Gasteiger partial charge in [-0.1, -0.05) is 6.42 Å². The molecule has 13 heavy (non-hydrogen) atoms. The predicted molar refractivity (Wildman–Crippen MR) is 48.3 cm³/mol. The molecule has 0 radical (unpaired) electrons. The molecule has 0 aromatic carbocycles. The molecule has 3 nitrogen and oxygen atoms in total. The molecular weight excluding hydrogens is 168 g/mol. The molecule has 1 saturated carbocycles. The highest BCUT2D eigenvalue weighted by Crippen LogP contribution is 2.20. The first-order valence-electron chi connectivity index (χ1n) is 4.87. The topological polar surface area (TPSA) is 43.4 Å². The Morgan fingerprint density at radius 2 is 1.85 bits per heavy atom. The maximum atomic E-state index is 11.1. The average molecular weight is 184 g/mol. The van der Waals surface area contributed by atoms with Crippen molar-refractivity contribution in [2.45, 2.75) is 51.6 Å². The summed E-state index contributed by atoms with van der Waals surface area (Å²) in [6, 6.07) is 0. The largest absolute Gasteiger partial charge is 0.462 e. The van der Waals surface area contributed by atoms with Gasteiger partial charge in [0.25, 0.3) is 0 Å². The van der Waals surface area contributed by atoms with Crippen LogP contribution in [0.5, 0.6) is 0 Å². The summed E-state index contributed by atoms with van der Waals surface area (Å²) in [7, 11) is 0. The summed E-state index contributed by atoms with van der Waals surface area (Å²) < 4.78 is 5.14. The van der Waals surface area contributed by atoms with Crippen LogP contribution in [0, 0.1) is 0 Å². The second-order valence-corrected chi connectivity index (χ2v) is 3.63. The monoisotopic (exact) mass is 184 g/mol. The van der Waals surface area contributed by atoms with Gasteiger partial charge in [0.2, 0.25) is 0 Å². The molecule has 1 fully saturated rings. The summed E-state index contributed by atoms with van der Waals surface area (Å²) in [6.45, 7) is 1.40. The van der Waals surface area contributed by atoms with Crippen molar-refractivity contribution < 1.29 is 14.3 Å². The van der Waals surface area contributed by atoms with Crippen molar-refractivity contribution in [2.75, 3.05) is 0 Å². The number of carbonyl (C=O) groups is 2. The van der Waals surface area contributed by atoms with Crippen LogP contribution < -0.4 is 0 Å². The number of ether oxygens (including phenoxy) is 1. The lowest BCUT2D eigenvalue weighted by molar-refractivity contribution is -0.151. The van der Waals surface area contributed by atoms with Crippen molar-refractivity contribution >= 4 is 11.8 Å². The second-order valence-electron chi connectivity index (χ2n) is 3.63.